The van der Waals surface area contributed by atoms with Gasteiger partial charge in [-0.15, -0.1) is 0 Å². The Bertz CT molecular complexity index is 1250. The number of aromatic amines is 1. The minimum absolute atomic E-state index is 0.0822. The number of nitrogens with one attached hydrogen (secondary N) is 2. The molecule has 0 saturated carbocycles. The predicted octanol–water partition coefficient (Wildman–Crippen LogP) is 4.02. The van der Waals surface area contributed by atoms with Crippen molar-refractivity contribution in [3.63, 3.8) is 0 Å². The van der Waals surface area contributed by atoms with Gasteiger partial charge >= 0.3 is 5.56 Å². The Balaban J connectivity index is 1.77. The molecule has 0 atom stereocenters. The molecule has 0 aliphatic heterocycles. The van der Waals surface area contributed by atoms with Crippen LogP contribution in [0.15, 0.2) is 47.5 Å². The Morgan fingerprint density at radius 3 is 2.86 bits per heavy atom. The zero-order valence-corrected chi connectivity index (χ0v) is 16.4. The number of nitrogens with zero attached hydrogens (tertiary/aromatic N) is 3. The summed E-state index contributed by atoms with van der Waals surface area (Å²) in [6.07, 6.45) is 3.27. The van der Waals surface area contributed by atoms with Crippen LogP contribution in [-0.4, -0.2) is 26.9 Å². The number of hydrogen-bond acceptors (Lipinski definition) is 5. The summed E-state index contributed by atoms with van der Waals surface area (Å²) in [5.74, 6) is -0.0690. The highest BCUT2D eigenvalue weighted by atomic mass is 35.5. The van der Waals surface area contributed by atoms with Gasteiger partial charge in [0.25, 0.3) is 0 Å². The molecule has 0 spiro atoms. The largest absolute Gasteiger partial charge is 0.490 e. The molecule has 0 bridgehead atoms. The number of halogens is 2. The van der Waals surface area contributed by atoms with Crippen LogP contribution in [-0.2, 0) is 6.54 Å². The summed E-state index contributed by atoms with van der Waals surface area (Å²) in [7, 11) is 1.39. The first kappa shape index (κ1) is 18.9. The lowest BCUT2D eigenvalue weighted by Gasteiger charge is -2.16. The minimum Gasteiger partial charge on any atom is -0.490 e. The zero-order valence-electron chi connectivity index (χ0n) is 15.7. The molecule has 2 heterocycles. The molecular weight excluding hydrogens is 397 g/mol. The SMILES string of the molecule is COc1cn(Cc2cc(F)cc(Cl)c2)c(Nc2cc3[nH]ncc3cc2C)nc1=O. The second-order valence-corrected chi connectivity index (χ2v) is 7.03. The molecule has 29 heavy (non-hydrogen) atoms. The highest BCUT2D eigenvalue weighted by Crippen LogP contribution is 2.25. The van der Waals surface area contributed by atoms with Gasteiger partial charge in [-0.3, -0.25) is 9.89 Å². The highest BCUT2D eigenvalue weighted by Gasteiger charge is 2.12. The van der Waals surface area contributed by atoms with Crippen LogP contribution in [0.2, 0.25) is 5.02 Å². The van der Waals surface area contributed by atoms with Crippen LogP contribution < -0.4 is 15.6 Å². The number of aryl methyl sites for hydroxylation is 1. The van der Waals surface area contributed by atoms with Crippen molar-refractivity contribution in [3.05, 3.63) is 75.0 Å². The number of rotatable bonds is 5. The molecule has 4 rings (SSSR count). The summed E-state index contributed by atoms with van der Waals surface area (Å²) < 4.78 is 20.5. The fourth-order valence-electron chi connectivity index (χ4n) is 3.09. The maximum atomic E-state index is 13.7. The lowest BCUT2D eigenvalue weighted by atomic mass is 10.1. The monoisotopic (exact) mass is 413 g/mol. The predicted molar refractivity (Wildman–Crippen MR) is 110 cm³/mol. The van der Waals surface area contributed by atoms with Crippen molar-refractivity contribution in [1.29, 1.82) is 0 Å². The molecule has 0 unspecified atom stereocenters. The number of hydrogen-bond donors (Lipinski definition) is 2. The van der Waals surface area contributed by atoms with Gasteiger partial charge in [-0.1, -0.05) is 11.6 Å². The minimum atomic E-state index is -0.510. The third kappa shape index (κ3) is 3.93. The van der Waals surface area contributed by atoms with Crippen LogP contribution >= 0.6 is 11.6 Å². The van der Waals surface area contributed by atoms with Gasteiger partial charge in [0.1, 0.15) is 5.82 Å². The van der Waals surface area contributed by atoms with E-state index in [0.717, 1.165) is 22.2 Å². The summed E-state index contributed by atoms with van der Waals surface area (Å²) >= 11 is 5.97. The third-order valence-electron chi connectivity index (χ3n) is 4.49. The van der Waals surface area contributed by atoms with Crippen molar-refractivity contribution in [2.75, 3.05) is 12.4 Å². The molecule has 2 aromatic carbocycles. The van der Waals surface area contributed by atoms with Crippen molar-refractivity contribution in [1.82, 2.24) is 19.7 Å². The van der Waals surface area contributed by atoms with E-state index in [2.05, 4.69) is 20.5 Å². The quantitative estimate of drug-likeness (QED) is 0.516. The summed E-state index contributed by atoms with van der Waals surface area (Å²) in [4.78, 5) is 16.4. The van der Waals surface area contributed by atoms with Crippen molar-refractivity contribution >= 4 is 34.1 Å². The van der Waals surface area contributed by atoms with Crippen LogP contribution in [0.4, 0.5) is 16.0 Å². The Hall–Kier alpha value is -3.39. The first-order chi connectivity index (χ1) is 13.9. The average molecular weight is 414 g/mol. The Morgan fingerprint density at radius 1 is 1.28 bits per heavy atom. The Labute approximate surface area is 170 Å². The lowest BCUT2D eigenvalue weighted by Crippen LogP contribution is -2.19. The van der Waals surface area contributed by atoms with Gasteiger partial charge in [0.05, 0.1) is 31.6 Å². The molecule has 0 fully saturated rings. The number of H-pyrrole nitrogens is 1. The maximum Gasteiger partial charge on any atom is 0.316 e. The first-order valence-corrected chi connectivity index (χ1v) is 9.12. The van der Waals surface area contributed by atoms with Crippen LogP contribution in [0.5, 0.6) is 5.75 Å². The summed E-state index contributed by atoms with van der Waals surface area (Å²) in [5.41, 5.74) is 2.65. The van der Waals surface area contributed by atoms with Crippen LogP contribution in [0.3, 0.4) is 0 Å². The van der Waals surface area contributed by atoms with E-state index in [4.69, 9.17) is 16.3 Å². The molecule has 4 aromatic rings. The van der Waals surface area contributed by atoms with Gasteiger partial charge in [0.2, 0.25) is 11.7 Å². The fourth-order valence-corrected chi connectivity index (χ4v) is 3.34. The van der Waals surface area contributed by atoms with Crippen molar-refractivity contribution in [2.24, 2.45) is 0 Å². The number of methoxy groups -OCH3 is 1. The van der Waals surface area contributed by atoms with Gasteiger partial charge in [-0.25, -0.2) is 4.39 Å². The molecule has 2 aromatic heterocycles. The van der Waals surface area contributed by atoms with E-state index in [1.54, 1.807) is 16.8 Å². The molecule has 9 heteroatoms. The van der Waals surface area contributed by atoms with Crippen LogP contribution in [0.25, 0.3) is 10.9 Å². The van der Waals surface area contributed by atoms with E-state index in [1.807, 2.05) is 19.1 Å². The van der Waals surface area contributed by atoms with Crippen molar-refractivity contribution in [3.8, 4) is 5.75 Å². The Morgan fingerprint density at radius 2 is 2.10 bits per heavy atom. The van der Waals surface area contributed by atoms with Gasteiger partial charge in [0, 0.05) is 16.1 Å². The molecule has 0 radical (unpaired) electrons. The van der Waals surface area contributed by atoms with E-state index >= 15 is 0 Å². The first-order valence-electron chi connectivity index (χ1n) is 8.74. The highest BCUT2D eigenvalue weighted by molar-refractivity contribution is 6.30. The van der Waals surface area contributed by atoms with Gasteiger partial charge < -0.3 is 14.6 Å². The molecule has 7 nitrogen and oxygen atoms in total. The van der Waals surface area contributed by atoms with Gasteiger partial charge in [-0.05, 0) is 48.4 Å². The van der Waals surface area contributed by atoms with E-state index in [-0.39, 0.29) is 23.3 Å². The van der Waals surface area contributed by atoms with Crippen molar-refractivity contribution < 1.29 is 9.13 Å². The molecule has 0 amide bonds. The van der Waals surface area contributed by atoms with Crippen molar-refractivity contribution in [2.45, 2.75) is 13.5 Å². The van der Waals surface area contributed by atoms with Crippen LogP contribution in [0, 0.1) is 12.7 Å². The lowest BCUT2D eigenvalue weighted by molar-refractivity contribution is 0.402. The summed E-state index contributed by atoms with van der Waals surface area (Å²) in [5, 5.41) is 11.4. The zero-order chi connectivity index (χ0) is 20.5. The van der Waals surface area contributed by atoms with E-state index in [1.165, 1.54) is 25.4 Å². The molecule has 2 N–H and O–H groups in total. The van der Waals surface area contributed by atoms with E-state index in [9.17, 15) is 9.18 Å². The fraction of sp³-hybridized carbons (Fsp3) is 0.150. The Kier molecular flexibility index (Phi) is 4.94. The van der Waals surface area contributed by atoms with E-state index in [0.29, 0.717) is 5.56 Å². The molecule has 0 aliphatic rings. The van der Waals surface area contributed by atoms with E-state index < -0.39 is 11.4 Å². The second-order valence-electron chi connectivity index (χ2n) is 6.59. The smallest absolute Gasteiger partial charge is 0.316 e. The summed E-state index contributed by atoms with van der Waals surface area (Å²) in [6, 6.07) is 8.12. The molecule has 0 aliphatic carbocycles. The maximum absolute atomic E-state index is 13.7. The van der Waals surface area contributed by atoms with Gasteiger partial charge in [-0.2, -0.15) is 10.1 Å². The number of anilines is 2. The normalized spacial score (nSPS) is 11.0. The number of aromatic nitrogens is 4. The third-order valence-corrected chi connectivity index (χ3v) is 4.71. The summed E-state index contributed by atoms with van der Waals surface area (Å²) in [6.45, 7) is 2.17. The molecule has 148 valence electrons. The molecule has 0 saturated heterocycles. The second kappa shape index (κ2) is 7.56. The van der Waals surface area contributed by atoms with Crippen LogP contribution in [0.1, 0.15) is 11.1 Å². The standard InChI is InChI=1S/C20H17ClFN5O2/c1-11-3-13-8-23-26-17(13)7-16(11)24-20-25-19(28)18(29-2)10-27(20)9-12-4-14(21)6-15(22)5-12/h3-8,10H,9H2,1-2H3,(H,23,26)(H,24,25,28). The van der Waals surface area contributed by atoms with Gasteiger partial charge in [0.15, 0.2) is 0 Å². The average Bonchev–Trinajstić information content (AvgIpc) is 3.10. The topological polar surface area (TPSA) is 84.8 Å². The number of ether oxygens (including phenoxy) is 1. The number of fused-ring (bicyclic) bond motifs is 1. The molecular formula is C20H17ClFN5O2. The number of benzene rings is 2.